The molecule has 0 atom stereocenters. The van der Waals surface area contributed by atoms with Crippen LogP contribution in [0.15, 0.2) is 5.51 Å². The van der Waals surface area contributed by atoms with Gasteiger partial charge in [0, 0.05) is 17.5 Å². The van der Waals surface area contributed by atoms with Crippen LogP contribution >= 0.6 is 11.3 Å². The number of nitrogens with zero attached hydrogens (tertiary/aromatic N) is 1. The lowest BCUT2D eigenvalue weighted by Crippen LogP contribution is -2.34. The van der Waals surface area contributed by atoms with Gasteiger partial charge in [-0.25, -0.2) is 4.98 Å². The molecule has 1 aromatic rings. The first-order valence-electron chi connectivity index (χ1n) is 5.56. The van der Waals surface area contributed by atoms with Gasteiger partial charge >= 0.3 is 0 Å². The Kier molecular flexibility index (Phi) is 3.72. The minimum atomic E-state index is -0.0619. The fourth-order valence-electron chi connectivity index (χ4n) is 2.01. The molecule has 84 valence electrons. The third-order valence-electron chi connectivity index (χ3n) is 3.09. The highest BCUT2D eigenvalue weighted by molar-refractivity contribution is 7.09. The Labute approximate surface area is 94.5 Å². The summed E-state index contributed by atoms with van der Waals surface area (Å²) in [5.74, 6) is 0. The molecule has 0 bridgehead atoms. The van der Waals surface area contributed by atoms with Crippen LogP contribution in [0.25, 0.3) is 0 Å². The second kappa shape index (κ2) is 5.05. The highest BCUT2D eigenvalue weighted by Crippen LogP contribution is 2.19. The van der Waals surface area contributed by atoms with Crippen LogP contribution in [0.2, 0.25) is 0 Å². The van der Waals surface area contributed by atoms with Crippen molar-refractivity contribution in [2.24, 2.45) is 0 Å². The van der Waals surface area contributed by atoms with E-state index in [0.717, 1.165) is 37.9 Å². The predicted octanol–water partition coefficient (Wildman–Crippen LogP) is 1.84. The number of aliphatic hydroxyl groups is 1. The van der Waals surface area contributed by atoms with Crippen LogP contribution in [0.3, 0.4) is 0 Å². The monoisotopic (exact) mass is 226 g/mol. The third-order valence-corrected chi connectivity index (χ3v) is 4.03. The molecule has 1 heterocycles. The summed E-state index contributed by atoms with van der Waals surface area (Å²) < 4.78 is 0. The molecule has 0 saturated heterocycles. The molecule has 15 heavy (non-hydrogen) atoms. The minimum Gasteiger partial charge on any atom is -0.393 e. The first kappa shape index (κ1) is 11.0. The summed E-state index contributed by atoms with van der Waals surface area (Å²) in [5.41, 5.74) is 3.04. The maximum absolute atomic E-state index is 9.39. The number of hydrogen-bond acceptors (Lipinski definition) is 4. The van der Waals surface area contributed by atoms with Crippen molar-refractivity contribution in [2.45, 2.75) is 51.3 Å². The second-order valence-corrected chi connectivity index (χ2v) is 5.19. The van der Waals surface area contributed by atoms with Gasteiger partial charge < -0.3 is 10.4 Å². The van der Waals surface area contributed by atoms with Crippen molar-refractivity contribution in [2.75, 3.05) is 0 Å². The Balaban J connectivity index is 1.77. The molecule has 2 N–H and O–H groups in total. The van der Waals surface area contributed by atoms with Crippen LogP contribution in [-0.2, 0) is 6.54 Å². The summed E-state index contributed by atoms with van der Waals surface area (Å²) in [5, 5.41) is 12.9. The van der Waals surface area contributed by atoms with E-state index in [1.54, 1.807) is 11.3 Å². The first-order valence-corrected chi connectivity index (χ1v) is 6.44. The van der Waals surface area contributed by atoms with Crippen molar-refractivity contribution in [3.63, 3.8) is 0 Å². The van der Waals surface area contributed by atoms with Gasteiger partial charge in [0.2, 0.25) is 0 Å². The molecule has 0 spiro atoms. The molecule has 4 heteroatoms. The Bertz CT molecular complexity index is 305. The third kappa shape index (κ3) is 3.00. The number of nitrogens with one attached hydrogen (secondary N) is 1. The maximum Gasteiger partial charge on any atom is 0.0798 e. The highest BCUT2D eigenvalue weighted by Gasteiger charge is 2.18. The molecule has 3 nitrogen and oxygen atoms in total. The SMILES string of the molecule is Cc1ncsc1CNC1CCC(O)CC1. The molecule has 1 aliphatic carbocycles. The van der Waals surface area contributed by atoms with Crippen molar-refractivity contribution < 1.29 is 5.11 Å². The molecule has 0 aromatic carbocycles. The molecule has 0 unspecified atom stereocenters. The van der Waals surface area contributed by atoms with E-state index in [2.05, 4.69) is 17.2 Å². The lowest BCUT2D eigenvalue weighted by molar-refractivity contribution is 0.116. The molecule has 1 saturated carbocycles. The van der Waals surface area contributed by atoms with E-state index < -0.39 is 0 Å². The average Bonchev–Trinajstić information content (AvgIpc) is 2.63. The van der Waals surface area contributed by atoms with Crippen molar-refractivity contribution in [3.8, 4) is 0 Å². The van der Waals surface area contributed by atoms with E-state index in [9.17, 15) is 5.11 Å². The van der Waals surface area contributed by atoms with Gasteiger partial charge in [-0.2, -0.15) is 0 Å². The standard InChI is InChI=1S/C11H18N2OS/c1-8-11(15-7-13-8)6-12-9-2-4-10(14)5-3-9/h7,9-10,12,14H,2-6H2,1H3. The van der Waals surface area contributed by atoms with E-state index in [4.69, 9.17) is 0 Å². The Morgan fingerprint density at radius 1 is 1.47 bits per heavy atom. The molecule has 1 aliphatic rings. The van der Waals surface area contributed by atoms with E-state index >= 15 is 0 Å². The van der Waals surface area contributed by atoms with Crippen molar-refractivity contribution >= 4 is 11.3 Å². The zero-order valence-corrected chi connectivity index (χ0v) is 9.89. The predicted molar refractivity (Wildman–Crippen MR) is 62.0 cm³/mol. The molecular weight excluding hydrogens is 208 g/mol. The number of rotatable bonds is 3. The molecule has 0 radical (unpaired) electrons. The number of thiazole rings is 1. The maximum atomic E-state index is 9.39. The number of aromatic nitrogens is 1. The van der Waals surface area contributed by atoms with Gasteiger partial charge in [-0.1, -0.05) is 0 Å². The van der Waals surface area contributed by atoms with E-state index in [1.165, 1.54) is 4.88 Å². The van der Waals surface area contributed by atoms with Crippen molar-refractivity contribution in [1.29, 1.82) is 0 Å². The lowest BCUT2D eigenvalue weighted by atomic mass is 9.93. The van der Waals surface area contributed by atoms with Crippen LogP contribution in [0.5, 0.6) is 0 Å². The summed E-state index contributed by atoms with van der Waals surface area (Å²) in [6.07, 6.45) is 4.02. The molecule has 1 aromatic heterocycles. The smallest absolute Gasteiger partial charge is 0.0798 e. The van der Waals surface area contributed by atoms with Crippen molar-refractivity contribution in [3.05, 3.63) is 16.1 Å². The van der Waals surface area contributed by atoms with E-state index in [1.807, 2.05) is 5.51 Å². The fraction of sp³-hybridized carbons (Fsp3) is 0.727. The largest absolute Gasteiger partial charge is 0.393 e. The van der Waals surface area contributed by atoms with Crippen LogP contribution in [0.1, 0.15) is 36.3 Å². The summed E-state index contributed by atoms with van der Waals surface area (Å²) in [6, 6.07) is 0.579. The molecule has 0 aliphatic heterocycles. The Morgan fingerprint density at radius 2 is 2.20 bits per heavy atom. The number of hydrogen-bond donors (Lipinski definition) is 2. The van der Waals surface area contributed by atoms with Crippen LogP contribution in [-0.4, -0.2) is 22.2 Å². The van der Waals surface area contributed by atoms with Gasteiger partial charge in [0.15, 0.2) is 0 Å². The van der Waals surface area contributed by atoms with Crippen molar-refractivity contribution in [1.82, 2.24) is 10.3 Å². The average molecular weight is 226 g/mol. The minimum absolute atomic E-state index is 0.0619. The summed E-state index contributed by atoms with van der Waals surface area (Å²) in [7, 11) is 0. The van der Waals surface area contributed by atoms with Crippen LogP contribution in [0.4, 0.5) is 0 Å². The molecular formula is C11H18N2OS. The van der Waals surface area contributed by atoms with Gasteiger partial charge in [-0.3, -0.25) is 0 Å². The Morgan fingerprint density at radius 3 is 2.80 bits per heavy atom. The van der Waals surface area contributed by atoms with Gasteiger partial charge in [-0.15, -0.1) is 11.3 Å². The first-order chi connectivity index (χ1) is 7.25. The van der Waals surface area contributed by atoms with E-state index in [-0.39, 0.29) is 6.10 Å². The highest BCUT2D eigenvalue weighted by atomic mass is 32.1. The number of aliphatic hydroxyl groups excluding tert-OH is 1. The summed E-state index contributed by atoms with van der Waals surface area (Å²) in [6.45, 7) is 2.98. The quantitative estimate of drug-likeness (QED) is 0.826. The number of aryl methyl sites for hydroxylation is 1. The normalized spacial score (nSPS) is 26.8. The van der Waals surface area contributed by atoms with Gasteiger partial charge in [0.1, 0.15) is 0 Å². The zero-order chi connectivity index (χ0) is 10.7. The Hall–Kier alpha value is -0.450. The second-order valence-electron chi connectivity index (χ2n) is 4.25. The van der Waals surface area contributed by atoms with Crippen LogP contribution < -0.4 is 5.32 Å². The molecule has 0 amide bonds. The summed E-state index contributed by atoms with van der Waals surface area (Å²) in [4.78, 5) is 5.57. The zero-order valence-electron chi connectivity index (χ0n) is 9.07. The summed E-state index contributed by atoms with van der Waals surface area (Å²) >= 11 is 1.72. The van der Waals surface area contributed by atoms with Gasteiger partial charge in [0.05, 0.1) is 17.3 Å². The molecule has 1 fully saturated rings. The molecule has 2 rings (SSSR count). The van der Waals surface area contributed by atoms with Gasteiger partial charge in [-0.05, 0) is 32.6 Å². The lowest BCUT2D eigenvalue weighted by Gasteiger charge is -2.26. The topological polar surface area (TPSA) is 45.2 Å². The van der Waals surface area contributed by atoms with E-state index in [0.29, 0.717) is 6.04 Å². The fourth-order valence-corrected chi connectivity index (χ4v) is 2.74. The van der Waals surface area contributed by atoms with Gasteiger partial charge in [0.25, 0.3) is 0 Å². The van der Waals surface area contributed by atoms with Crippen LogP contribution in [0, 0.1) is 6.92 Å².